The number of amides is 2. The van der Waals surface area contributed by atoms with E-state index in [0.29, 0.717) is 50.9 Å². The van der Waals surface area contributed by atoms with Gasteiger partial charge < -0.3 is 19.6 Å². The molecule has 7 heteroatoms. The van der Waals surface area contributed by atoms with E-state index in [2.05, 4.69) is 0 Å². The SMILES string of the molecule is O=C(CSCC(=O)N1CC(CO)C1)N1CCOCC1. The molecule has 108 valence electrons. The minimum absolute atomic E-state index is 0.0597. The summed E-state index contributed by atoms with van der Waals surface area (Å²) in [6, 6.07) is 0. The van der Waals surface area contributed by atoms with Crippen LogP contribution < -0.4 is 0 Å². The van der Waals surface area contributed by atoms with Crippen molar-refractivity contribution >= 4 is 23.6 Å². The van der Waals surface area contributed by atoms with Crippen molar-refractivity contribution in [2.75, 3.05) is 57.5 Å². The molecular weight excluding hydrogens is 268 g/mol. The van der Waals surface area contributed by atoms with Gasteiger partial charge in [-0.3, -0.25) is 9.59 Å². The van der Waals surface area contributed by atoms with Gasteiger partial charge in [0.05, 0.1) is 24.7 Å². The molecule has 2 fully saturated rings. The van der Waals surface area contributed by atoms with Crippen molar-refractivity contribution in [3.63, 3.8) is 0 Å². The van der Waals surface area contributed by atoms with Crippen LogP contribution in [0.2, 0.25) is 0 Å². The van der Waals surface area contributed by atoms with Crippen LogP contribution in [0.15, 0.2) is 0 Å². The maximum atomic E-state index is 11.8. The van der Waals surface area contributed by atoms with Gasteiger partial charge in [0.2, 0.25) is 11.8 Å². The molecule has 0 bridgehead atoms. The number of aliphatic hydroxyl groups is 1. The van der Waals surface area contributed by atoms with E-state index in [1.54, 1.807) is 9.80 Å². The van der Waals surface area contributed by atoms with Gasteiger partial charge in [-0.15, -0.1) is 11.8 Å². The Kier molecular flexibility index (Phi) is 5.47. The smallest absolute Gasteiger partial charge is 0.232 e. The predicted octanol–water partition coefficient (Wildman–Crippen LogP) is -0.971. The Morgan fingerprint density at radius 3 is 2.26 bits per heavy atom. The molecule has 0 aromatic rings. The van der Waals surface area contributed by atoms with Crippen LogP contribution in [0.4, 0.5) is 0 Å². The topological polar surface area (TPSA) is 70.1 Å². The fraction of sp³-hybridized carbons (Fsp3) is 0.833. The highest BCUT2D eigenvalue weighted by molar-refractivity contribution is 8.00. The van der Waals surface area contributed by atoms with E-state index in [1.807, 2.05) is 0 Å². The number of nitrogens with zero attached hydrogens (tertiary/aromatic N) is 2. The van der Waals surface area contributed by atoms with Gasteiger partial charge in [-0.25, -0.2) is 0 Å². The summed E-state index contributed by atoms with van der Waals surface area (Å²) < 4.78 is 5.18. The summed E-state index contributed by atoms with van der Waals surface area (Å²) in [5, 5.41) is 8.88. The molecule has 0 unspecified atom stereocenters. The van der Waals surface area contributed by atoms with Crippen LogP contribution in [0.3, 0.4) is 0 Å². The van der Waals surface area contributed by atoms with Crippen molar-refractivity contribution in [3.8, 4) is 0 Å². The summed E-state index contributed by atoms with van der Waals surface area (Å²) in [7, 11) is 0. The lowest BCUT2D eigenvalue weighted by Crippen LogP contribution is -2.52. The maximum Gasteiger partial charge on any atom is 0.232 e. The third-order valence-electron chi connectivity index (χ3n) is 3.38. The van der Waals surface area contributed by atoms with Gasteiger partial charge in [0.1, 0.15) is 0 Å². The fourth-order valence-corrected chi connectivity index (χ4v) is 2.93. The molecule has 0 radical (unpaired) electrons. The van der Waals surface area contributed by atoms with Crippen LogP contribution >= 0.6 is 11.8 Å². The number of rotatable bonds is 5. The van der Waals surface area contributed by atoms with E-state index in [4.69, 9.17) is 9.84 Å². The third kappa shape index (κ3) is 4.09. The molecule has 6 nitrogen and oxygen atoms in total. The molecule has 2 heterocycles. The first-order chi connectivity index (χ1) is 9.20. The van der Waals surface area contributed by atoms with Crippen molar-refractivity contribution in [1.82, 2.24) is 9.80 Å². The number of aliphatic hydroxyl groups excluding tert-OH is 1. The number of hydrogen-bond donors (Lipinski definition) is 1. The van der Waals surface area contributed by atoms with Gasteiger partial charge in [-0.2, -0.15) is 0 Å². The first kappa shape index (κ1) is 14.6. The van der Waals surface area contributed by atoms with Crippen LogP contribution in [-0.2, 0) is 14.3 Å². The van der Waals surface area contributed by atoms with Crippen molar-refractivity contribution < 1.29 is 19.4 Å². The summed E-state index contributed by atoms with van der Waals surface area (Å²) in [6.07, 6.45) is 0. The van der Waals surface area contributed by atoms with E-state index < -0.39 is 0 Å². The molecular formula is C12H20N2O4S. The summed E-state index contributed by atoms with van der Waals surface area (Å²) in [5.41, 5.74) is 0. The van der Waals surface area contributed by atoms with Crippen molar-refractivity contribution in [1.29, 1.82) is 0 Å². The number of carbonyl (C=O) groups excluding carboxylic acids is 2. The third-order valence-corrected chi connectivity index (χ3v) is 4.29. The van der Waals surface area contributed by atoms with Gasteiger partial charge in [-0.1, -0.05) is 0 Å². The predicted molar refractivity (Wildman–Crippen MR) is 71.9 cm³/mol. The quantitative estimate of drug-likeness (QED) is 0.705. The lowest BCUT2D eigenvalue weighted by atomic mass is 10.0. The minimum atomic E-state index is 0.0597. The minimum Gasteiger partial charge on any atom is -0.396 e. The Morgan fingerprint density at radius 1 is 1.11 bits per heavy atom. The Labute approximate surface area is 117 Å². The molecule has 0 aliphatic carbocycles. The average Bonchev–Trinajstić information content (AvgIpc) is 2.38. The lowest BCUT2D eigenvalue weighted by molar-refractivity contribution is -0.135. The zero-order chi connectivity index (χ0) is 13.7. The van der Waals surface area contributed by atoms with Crippen molar-refractivity contribution in [2.24, 2.45) is 5.92 Å². The first-order valence-corrected chi connectivity index (χ1v) is 7.68. The zero-order valence-corrected chi connectivity index (χ0v) is 11.7. The van der Waals surface area contributed by atoms with E-state index in [1.165, 1.54) is 11.8 Å². The second-order valence-electron chi connectivity index (χ2n) is 4.83. The van der Waals surface area contributed by atoms with Crippen molar-refractivity contribution in [3.05, 3.63) is 0 Å². The van der Waals surface area contributed by atoms with Gasteiger partial charge in [-0.05, 0) is 0 Å². The number of morpholine rings is 1. The highest BCUT2D eigenvalue weighted by Gasteiger charge is 2.29. The van der Waals surface area contributed by atoms with Crippen molar-refractivity contribution in [2.45, 2.75) is 0 Å². The van der Waals surface area contributed by atoms with Crippen LogP contribution in [0.1, 0.15) is 0 Å². The first-order valence-electron chi connectivity index (χ1n) is 6.52. The number of hydrogen-bond acceptors (Lipinski definition) is 5. The highest BCUT2D eigenvalue weighted by Crippen LogP contribution is 2.16. The molecule has 2 saturated heterocycles. The highest BCUT2D eigenvalue weighted by atomic mass is 32.2. The molecule has 0 aromatic heterocycles. The molecule has 2 aliphatic rings. The van der Waals surface area contributed by atoms with Crippen LogP contribution in [0, 0.1) is 5.92 Å². The molecule has 1 N–H and O–H groups in total. The molecule has 2 amide bonds. The summed E-state index contributed by atoms with van der Waals surface area (Å²) in [5.74, 6) is 1.07. The lowest BCUT2D eigenvalue weighted by Gasteiger charge is -2.38. The van der Waals surface area contributed by atoms with E-state index >= 15 is 0 Å². The largest absolute Gasteiger partial charge is 0.396 e. The summed E-state index contributed by atoms with van der Waals surface area (Å²) >= 11 is 1.36. The molecule has 0 saturated carbocycles. The molecule has 2 aliphatic heterocycles. The van der Waals surface area contributed by atoms with Gasteiger partial charge in [0, 0.05) is 38.7 Å². The normalized spacial score (nSPS) is 20.3. The van der Waals surface area contributed by atoms with E-state index in [9.17, 15) is 9.59 Å². The van der Waals surface area contributed by atoms with Gasteiger partial charge >= 0.3 is 0 Å². The number of ether oxygens (including phenoxy) is 1. The average molecular weight is 288 g/mol. The number of carbonyl (C=O) groups is 2. The molecule has 2 rings (SSSR count). The fourth-order valence-electron chi connectivity index (χ4n) is 2.11. The van der Waals surface area contributed by atoms with Gasteiger partial charge in [0.15, 0.2) is 0 Å². The van der Waals surface area contributed by atoms with E-state index in [-0.39, 0.29) is 24.3 Å². The summed E-state index contributed by atoms with van der Waals surface area (Å²) in [6.45, 7) is 3.94. The van der Waals surface area contributed by atoms with Gasteiger partial charge in [0.25, 0.3) is 0 Å². The number of likely N-dealkylation sites (tertiary alicyclic amines) is 1. The Balaban J connectivity index is 1.58. The standard InChI is InChI=1S/C12H20N2O4S/c15-7-10-5-14(6-10)12(17)9-19-8-11(16)13-1-3-18-4-2-13/h10,15H,1-9H2. The zero-order valence-electron chi connectivity index (χ0n) is 10.9. The Bertz CT molecular complexity index is 328. The van der Waals surface area contributed by atoms with Crippen LogP contribution in [0.5, 0.6) is 0 Å². The maximum absolute atomic E-state index is 11.8. The monoisotopic (exact) mass is 288 g/mol. The molecule has 0 atom stereocenters. The second kappa shape index (κ2) is 7.12. The molecule has 0 spiro atoms. The number of thioether (sulfide) groups is 1. The van der Waals surface area contributed by atoms with Crippen LogP contribution in [0.25, 0.3) is 0 Å². The second-order valence-corrected chi connectivity index (χ2v) is 5.82. The summed E-state index contributed by atoms with van der Waals surface area (Å²) in [4.78, 5) is 27.1. The Morgan fingerprint density at radius 2 is 1.68 bits per heavy atom. The van der Waals surface area contributed by atoms with E-state index in [0.717, 1.165) is 0 Å². The molecule has 0 aromatic carbocycles. The van der Waals surface area contributed by atoms with Crippen LogP contribution in [-0.4, -0.2) is 84.2 Å². The molecule has 19 heavy (non-hydrogen) atoms. The Hall–Kier alpha value is -0.790.